The number of nitrogens with zero attached hydrogens (tertiary/aromatic N) is 1. The van der Waals surface area contributed by atoms with Crippen molar-refractivity contribution in [3.8, 4) is 17.6 Å². The van der Waals surface area contributed by atoms with E-state index < -0.39 is 0 Å². The zero-order valence-corrected chi connectivity index (χ0v) is 13.3. The van der Waals surface area contributed by atoms with Crippen molar-refractivity contribution in [3.63, 3.8) is 0 Å². The molecule has 0 heterocycles. The molecule has 0 bridgehead atoms. The van der Waals surface area contributed by atoms with Crippen molar-refractivity contribution in [1.82, 2.24) is 0 Å². The Bertz CT molecular complexity index is 702. The van der Waals surface area contributed by atoms with Crippen LogP contribution in [0.5, 0.6) is 11.5 Å². The molecule has 0 amide bonds. The van der Waals surface area contributed by atoms with E-state index in [0.29, 0.717) is 11.3 Å². The lowest BCUT2D eigenvalue weighted by Gasteiger charge is -2.20. The van der Waals surface area contributed by atoms with Crippen molar-refractivity contribution in [1.29, 1.82) is 5.26 Å². The van der Waals surface area contributed by atoms with Gasteiger partial charge in [-0.15, -0.1) is 0 Å². The molecule has 0 aliphatic carbocycles. The summed E-state index contributed by atoms with van der Waals surface area (Å²) in [6, 6.07) is 14.1. The average Bonchev–Trinajstić information content (AvgIpc) is 2.41. The Labute approximate surface area is 127 Å². The Kier molecular flexibility index (Phi) is 4.04. The summed E-state index contributed by atoms with van der Waals surface area (Å²) in [6.07, 6.45) is 0. The molecule has 0 aliphatic rings. The topological polar surface area (TPSA) is 33.0 Å². The van der Waals surface area contributed by atoms with Crippen molar-refractivity contribution in [2.75, 3.05) is 0 Å². The van der Waals surface area contributed by atoms with Crippen LogP contribution in [0.3, 0.4) is 0 Å². The Balaban J connectivity index is 2.35. The lowest BCUT2D eigenvalue weighted by atomic mass is 9.86. The van der Waals surface area contributed by atoms with Crippen molar-refractivity contribution < 1.29 is 4.74 Å². The van der Waals surface area contributed by atoms with Crippen molar-refractivity contribution in [3.05, 3.63) is 58.7 Å². The second-order valence-corrected chi connectivity index (χ2v) is 6.44. The summed E-state index contributed by atoms with van der Waals surface area (Å²) in [5, 5.41) is 9.21. The number of hydrogen-bond donors (Lipinski definition) is 0. The molecule has 0 atom stereocenters. The third-order valence-electron chi connectivity index (χ3n) is 3.52. The van der Waals surface area contributed by atoms with E-state index in [1.54, 1.807) is 0 Å². The van der Waals surface area contributed by atoms with Gasteiger partial charge in [-0.1, -0.05) is 39.0 Å². The second kappa shape index (κ2) is 5.61. The van der Waals surface area contributed by atoms with Crippen LogP contribution < -0.4 is 4.74 Å². The lowest BCUT2D eigenvalue weighted by molar-refractivity contribution is 0.476. The van der Waals surface area contributed by atoms with Crippen molar-refractivity contribution >= 4 is 0 Å². The van der Waals surface area contributed by atoms with Gasteiger partial charge in [0.1, 0.15) is 17.6 Å². The Morgan fingerprint density at radius 3 is 2.19 bits per heavy atom. The molecule has 0 aromatic heterocycles. The fourth-order valence-electron chi connectivity index (χ4n) is 2.17. The maximum Gasteiger partial charge on any atom is 0.145 e. The summed E-state index contributed by atoms with van der Waals surface area (Å²) in [5.74, 6) is 1.40. The largest absolute Gasteiger partial charge is 0.456 e. The summed E-state index contributed by atoms with van der Waals surface area (Å²) in [4.78, 5) is 0. The average molecular weight is 279 g/mol. The van der Waals surface area contributed by atoms with Gasteiger partial charge in [0.25, 0.3) is 0 Å². The summed E-state index contributed by atoms with van der Waals surface area (Å²) in [6.45, 7) is 10.6. The first-order valence-corrected chi connectivity index (χ1v) is 7.11. The van der Waals surface area contributed by atoms with Crippen LogP contribution in [0, 0.1) is 25.2 Å². The first kappa shape index (κ1) is 15.1. The molecule has 0 unspecified atom stereocenters. The van der Waals surface area contributed by atoms with Crippen LogP contribution in [0.4, 0.5) is 0 Å². The first-order valence-electron chi connectivity index (χ1n) is 7.11. The number of benzene rings is 2. The third-order valence-corrected chi connectivity index (χ3v) is 3.52. The minimum absolute atomic E-state index is 0.116. The van der Waals surface area contributed by atoms with Crippen LogP contribution in [0.1, 0.15) is 43.0 Å². The van der Waals surface area contributed by atoms with E-state index in [2.05, 4.69) is 39.0 Å². The van der Waals surface area contributed by atoms with Crippen LogP contribution >= 0.6 is 0 Å². The van der Waals surface area contributed by atoms with Gasteiger partial charge in [-0.2, -0.15) is 5.26 Å². The van der Waals surface area contributed by atoms with Gasteiger partial charge < -0.3 is 4.74 Å². The summed E-state index contributed by atoms with van der Waals surface area (Å²) in [5.41, 5.74) is 4.09. The molecule has 2 rings (SSSR count). The molecule has 0 aliphatic heterocycles. The van der Waals surface area contributed by atoms with Gasteiger partial charge in [0.2, 0.25) is 0 Å². The van der Waals surface area contributed by atoms with Crippen LogP contribution in [0.15, 0.2) is 36.4 Å². The normalized spacial score (nSPS) is 11.0. The van der Waals surface area contributed by atoms with E-state index >= 15 is 0 Å². The maximum atomic E-state index is 9.21. The molecule has 108 valence electrons. The van der Waals surface area contributed by atoms with Gasteiger partial charge in [-0.25, -0.2) is 0 Å². The number of hydrogen-bond acceptors (Lipinski definition) is 2. The molecule has 0 fully saturated rings. The molecule has 2 aromatic carbocycles. The predicted octanol–water partition coefficient (Wildman–Crippen LogP) is 5.26. The van der Waals surface area contributed by atoms with E-state index in [4.69, 9.17) is 4.74 Å². The lowest BCUT2D eigenvalue weighted by Crippen LogP contribution is -2.11. The highest BCUT2D eigenvalue weighted by Gasteiger charge is 2.15. The van der Waals surface area contributed by atoms with E-state index in [1.807, 2.05) is 38.1 Å². The van der Waals surface area contributed by atoms with Gasteiger partial charge in [-0.3, -0.25) is 0 Å². The van der Waals surface area contributed by atoms with Gasteiger partial charge in [0, 0.05) is 0 Å². The third kappa shape index (κ3) is 3.44. The molecular weight excluding hydrogens is 258 g/mol. The standard InChI is InChI=1S/C19H21NO/c1-13-6-8-18(15(10-13)12-20)21-17-9-7-16(11-14(17)2)19(3,4)5/h6-11H,1-5H3. The van der Waals surface area contributed by atoms with Crippen LogP contribution in [-0.4, -0.2) is 0 Å². The Morgan fingerprint density at radius 2 is 1.62 bits per heavy atom. The SMILES string of the molecule is Cc1ccc(Oc2ccc(C(C)(C)C)cc2C)c(C#N)c1. The molecule has 0 N–H and O–H groups in total. The smallest absolute Gasteiger partial charge is 0.145 e. The van der Waals surface area contributed by atoms with E-state index in [0.717, 1.165) is 16.9 Å². The highest BCUT2D eigenvalue weighted by Crippen LogP contribution is 2.31. The number of aryl methyl sites for hydroxylation is 2. The summed E-state index contributed by atoms with van der Waals surface area (Å²) in [7, 11) is 0. The zero-order valence-electron chi connectivity index (χ0n) is 13.3. The molecule has 0 saturated heterocycles. The van der Waals surface area contributed by atoms with E-state index in [-0.39, 0.29) is 5.41 Å². The molecule has 21 heavy (non-hydrogen) atoms. The van der Waals surface area contributed by atoms with Gasteiger partial charge in [0.05, 0.1) is 5.56 Å². The van der Waals surface area contributed by atoms with Crippen molar-refractivity contribution in [2.24, 2.45) is 0 Å². The Hall–Kier alpha value is -2.27. The summed E-state index contributed by atoms with van der Waals surface area (Å²) >= 11 is 0. The van der Waals surface area contributed by atoms with Gasteiger partial charge in [-0.05, 0) is 54.2 Å². The highest BCUT2D eigenvalue weighted by atomic mass is 16.5. The van der Waals surface area contributed by atoms with E-state index in [1.165, 1.54) is 5.56 Å². The van der Waals surface area contributed by atoms with Gasteiger partial charge >= 0.3 is 0 Å². The van der Waals surface area contributed by atoms with Crippen LogP contribution in [0.2, 0.25) is 0 Å². The van der Waals surface area contributed by atoms with Crippen LogP contribution in [0.25, 0.3) is 0 Å². The first-order chi connectivity index (χ1) is 9.81. The van der Waals surface area contributed by atoms with E-state index in [9.17, 15) is 5.26 Å². The van der Waals surface area contributed by atoms with Crippen molar-refractivity contribution in [2.45, 2.75) is 40.0 Å². The zero-order chi connectivity index (χ0) is 15.6. The summed E-state index contributed by atoms with van der Waals surface area (Å²) < 4.78 is 5.93. The molecule has 2 nitrogen and oxygen atoms in total. The fraction of sp³-hybridized carbons (Fsp3) is 0.316. The monoisotopic (exact) mass is 279 g/mol. The van der Waals surface area contributed by atoms with Gasteiger partial charge in [0.15, 0.2) is 0 Å². The molecule has 0 radical (unpaired) electrons. The minimum atomic E-state index is 0.116. The maximum absolute atomic E-state index is 9.21. The quantitative estimate of drug-likeness (QED) is 0.750. The Morgan fingerprint density at radius 1 is 0.952 bits per heavy atom. The molecule has 2 heteroatoms. The minimum Gasteiger partial charge on any atom is -0.456 e. The number of ether oxygens (including phenoxy) is 1. The highest BCUT2D eigenvalue weighted by molar-refractivity contribution is 5.49. The van der Waals surface area contributed by atoms with Crippen LogP contribution in [-0.2, 0) is 5.41 Å². The molecule has 0 saturated carbocycles. The molecular formula is C19H21NO. The second-order valence-electron chi connectivity index (χ2n) is 6.44. The number of rotatable bonds is 2. The molecule has 0 spiro atoms. The molecule has 2 aromatic rings. The predicted molar refractivity (Wildman–Crippen MR) is 85.8 cm³/mol. The fourth-order valence-corrected chi connectivity index (χ4v) is 2.17. The number of nitriles is 1.